The van der Waals surface area contributed by atoms with Gasteiger partial charge < -0.3 is 20.5 Å². The minimum Gasteiger partial charge on any atom is -0.496 e. The van der Waals surface area contributed by atoms with Crippen LogP contribution in [0.5, 0.6) is 5.75 Å². The van der Waals surface area contributed by atoms with E-state index >= 15 is 0 Å². The van der Waals surface area contributed by atoms with Gasteiger partial charge in [-0.3, -0.25) is 24.2 Å². The van der Waals surface area contributed by atoms with Crippen LogP contribution in [-0.2, 0) is 31.4 Å². The maximum absolute atomic E-state index is 13.2. The summed E-state index contributed by atoms with van der Waals surface area (Å²) in [7, 11) is 1.51. The zero-order chi connectivity index (χ0) is 29.8. The molecule has 3 rings (SSSR count). The Morgan fingerprint density at radius 2 is 1.71 bits per heavy atom. The molecule has 0 spiro atoms. The number of pyridine rings is 1. The Bertz CT molecular complexity index is 1330. The average Bonchev–Trinajstić information content (AvgIpc) is 2.96. The number of hydrogen-bond acceptors (Lipinski definition) is 7. The van der Waals surface area contributed by atoms with E-state index in [0.717, 1.165) is 16.8 Å². The van der Waals surface area contributed by atoms with E-state index < -0.39 is 42.1 Å². The number of thioether (sulfide) groups is 1. The number of nitrogens with one attached hydrogen (secondary N) is 2. The number of carbonyl (C=O) groups is 4. The maximum atomic E-state index is 13.2. The fourth-order valence-corrected chi connectivity index (χ4v) is 5.10. The van der Waals surface area contributed by atoms with Crippen LogP contribution in [0.1, 0.15) is 31.4 Å². The van der Waals surface area contributed by atoms with Gasteiger partial charge in [0.1, 0.15) is 11.8 Å². The largest absolute Gasteiger partial charge is 0.496 e. The Hall–Kier alpha value is -4.18. The highest BCUT2D eigenvalue weighted by Gasteiger charge is 2.30. The maximum Gasteiger partial charge on any atom is 0.305 e. The molecule has 2 aromatic carbocycles. The van der Waals surface area contributed by atoms with E-state index in [1.165, 1.54) is 18.9 Å². The standard InChI is InChI=1S/C31H35N3O6S/c1-20(2)30(31(39)33-25(17-29(37)38)26(35)19-41-18-21-9-5-4-6-10-21)34-28(36)16-23-15-22(12-13-27(23)40-3)24-11-7-8-14-32-24/h4-15,20,25,30H,16-19H2,1-3H3,(H,33,39)(H,34,36)(H,37,38). The molecule has 0 aliphatic carbocycles. The van der Waals surface area contributed by atoms with Gasteiger partial charge in [0.25, 0.3) is 0 Å². The lowest BCUT2D eigenvalue weighted by Crippen LogP contribution is -2.54. The molecule has 0 saturated heterocycles. The summed E-state index contributed by atoms with van der Waals surface area (Å²) in [5.74, 6) is -1.83. The third-order valence-electron chi connectivity index (χ3n) is 6.30. The van der Waals surface area contributed by atoms with Crippen LogP contribution in [0.3, 0.4) is 0 Å². The SMILES string of the molecule is COc1ccc(-c2ccccn2)cc1CC(=O)NC(C(=O)NC(CC(=O)O)C(=O)CSCc1ccccc1)C(C)C. The van der Waals surface area contributed by atoms with Crippen molar-refractivity contribution < 1.29 is 29.0 Å². The second kappa shape index (κ2) is 15.6. The molecule has 0 bridgehead atoms. The van der Waals surface area contributed by atoms with Crippen molar-refractivity contribution in [3.8, 4) is 17.0 Å². The molecule has 0 aliphatic heterocycles. The minimum absolute atomic E-state index is 0.0399. The van der Waals surface area contributed by atoms with Crippen molar-refractivity contribution in [1.82, 2.24) is 15.6 Å². The lowest BCUT2D eigenvalue weighted by Gasteiger charge is -2.25. The van der Waals surface area contributed by atoms with Crippen molar-refractivity contribution in [2.24, 2.45) is 5.92 Å². The zero-order valence-electron chi connectivity index (χ0n) is 23.3. The third kappa shape index (κ3) is 9.75. The lowest BCUT2D eigenvalue weighted by molar-refractivity contribution is -0.140. The van der Waals surface area contributed by atoms with Crippen LogP contribution in [0.15, 0.2) is 72.9 Å². The highest BCUT2D eigenvalue weighted by molar-refractivity contribution is 7.99. The molecule has 9 nitrogen and oxygen atoms in total. The van der Waals surface area contributed by atoms with Gasteiger partial charge in [-0.1, -0.05) is 50.2 Å². The Labute approximate surface area is 244 Å². The second-order valence-electron chi connectivity index (χ2n) is 9.81. The van der Waals surface area contributed by atoms with Gasteiger partial charge in [0.05, 0.1) is 37.4 Å². The van der Waals surface area contributed by atoms with Crippen LogP contribution in [0, 0.1) is 5.92 Å². The molecule has 0 saturated carbocycles. The number of carboxylic acids is 1. The van der Waals surface area contributed by atoms with E-state index in [4.69, 9.17) is 4.74 Å². The van der Waals surface area contributed by atoms with Gasteiger partial charge in [0.15, 0.2) is 5.78 Å². The van der Waals surface area contributed by atoms with Crippen molar-refractivity contribution >= 4 is 35.3 Å². The number of ether oxygens (including phenoxy) is 1. The Morgan fingerprint density at radius 3 is 2.34 bits per heavy atom. The number of hydrogen-bond donors (Lipinski definition) is 3. The first-order valence-electron chi connectivity index (χ1n) is 13.2. The summed E-state index contributed by atoms with van der Waals surface area (Å²) in [6.45, 7) is 3.52. The number of carboxylic acid groups (broad SMARTS) is 1. The Kier molecular flexibility index (Phi) is 11.9. The number of rotatable bonds is 15. The Morgan fingerprint density at radius 1 is 0.976 bits per heavy atom. The number of aromatic nitrogens is 1. The van der Waals surface area contributed by atoms with Crippen molar-refractivity contribution in [3.63, 3.8) is 0 Å². The molecule has 2 unspecified atom stereocenters. The molecule has 1 heterocycles. The fraction of sp³-hybridized carbons (Fsp3) is 0.323. The molecule has 0 fully saturated rings. The highest BCUT2D eigenvalue weighted by Crippen LogP contribution is 2.26. The number of amides is 2. The van der Waals surface area contributed by atoms with Crippen molar-refractivity contribution in [2.45, 2.75) is 44.5 Å². The van der Waals surface area contributed by atoms with Gasteiger partial charge in [0, 0.05) is 23.1 Å². The predicted octanol–water partition coefficient (Wildman–Crippen LogP) is 3.90. The van der Waals surface area contributed by atoms with Crippen LogP contribution in [-0.4, -0.2) is 58.6 Å². The number of aliphatic carboxylic acids is 1. The lowest BCUT2D eigenvalue weighted by atomic mass is 10.0. The van der Waals surface area contributed by atoms with E-state index in [1.807, 2.05) is 60.7 Å². The summed E-state index contributed by atoms with van der Waals surface area (Å²) < 4.78 is 5.44. The van der Waals surface area contributed by atoms with E-state index in [1.54, 1.807) is 26.1 Å². The van der Waals surface area contributed by atoms with E-state index in [-0.39, 0.29) is 18.1 Å². The number of methoxy groups -OCH3 is 1. The smallest absolute Gasteiger partial charge is 0.305 e. The first kappa shape index (κ1) is 31.3. The first-order chi connectivity index (χ1) is 19.7. The van der Waals surface area contributed by atoms with Crippen LogP contribution in [0.2, 0.25) is 0 Å². The van der Waals surface area contributed by atoms with Gasteiger partial charge in [-0.05, 0) is 41.8 Å². The number of Topliss-reactive ketones (excluding diaryl/α,β-unsaturated/α-hetero) is 1. The summed E-state index contributed by atoms with van der Waals surface area (Å²) in [5, 5.41) is 14.7. The fourth-order valence-electron chi connectivity index (χ4n) is 4.17. The Balaban J connectivity index is 1.66. The van der Waals surface area contributed by atoms with Gasteiger partial charge in [-0.15, -0.1) is 11.8 Å². The molecule has 0 aliphatic rings. The van der Waals surface area contributed by atoms with Crippen LogP contribution < -0.4 is 15.4 Å². The summed E-state index contributed by atoms with van der Waals surface area (Å²) in [5.41, 5.74) is 3.21. The van der Waals surface area contributed by atoms with Crippen molar-refractivity contribution in [3.05, 3.63) is 84.1 Å². The van der Waals surface area contributed by atoms with E-state index in [9.17, 15) is 24.3 Å². The van der Waals surface area contributed by atoms with Crippen LogP contribution in [0.4, 0.5) is 0 Å². The third-order valence-corrected chi connectivity index (χ3v) is 7.32. The second-order valence-corrected chi connectivity index (χ2v) is 10.8. The molecule has 10 heteroatoms. The van der Waals surface area contributed by atoms with Crippen molar-refractivity contribution in [2.75, 3.05) is 12.9 Å². The predicted molar refractivity (Wildman–Crippen MR) is 158 cm³/mol. The molecule has 1 aromatic heterocycles. The molecule has 3 aromatic rings. The number of benzene rings is 2. The normalized spacial score (nSPS) is 12.3. The molecule has 2 atom stereocenters. The monoisotopic (exact) mass is 577 g/mol. The summed E-state index contributed by atoms with van der Waals surface area (Å²) in [6.07, 6.45) is 1.07. The number of carbonyl (C=O) groups excluding carboxylic acids is 3. The van der Waals surface area contributed by atoms with Crippen molar-refractivity contribution in [1.29, 1.82) is 0 Å². The molecule has 0 radical (unpaired) electrons. The molecule has 2 amide bonds. The van der Waals surface area contributed by atoms with E-state index in [0.29, 0.717) is 17.1 Å². The topological polar surface area (TPSA) is 135 Å². The number of ketones is 1. The van der Waals surface area contributed by atoms with Gasteiger partial charge in [0.2, 0.25) is 11.8 Å². The average molecular weight is 578 g/mol. The quantitative estimate of drug-likeness (QED) is 0.248. The number of nitrogens with zero attached hydrogens (tertiary/aromatic N) is 1. The summed E-state index contributed by atoms with van der Waals surface area (Å²) in [6, 6.07) is 18.4. The molecular formula is C31H35N3O6S. The van der Waals surface area contributed by atoms with Gasteiger partial charge in [-0.25, -0.2) is 0 Å². The molecular weight excluding hydrogens is 542 g/mol. The zero-order valence-corrected chi connectivity index (χ0v) is 24.1. The van der Waals surface area contributed by atoms with Gasteiger partial charge >= 0.3 is 5.97 Å². The first-order valence-corrected chi connectivity index (χ1v) is 14.4. The minimum atomic E-state index is -1.21. The van der Waals surface area contributed by atoms with Gasteiger partial charge in [-0.2, -0.15) is 0 Å². The summed E-state index contributed by atoms with van der Waals surface area (Å²) >= 11 is 1.35. The van der Waals surface area contributed by atoms with Crippen LogP contribution >= 0.6 is 11.8 Å². The molecule has 216 valence electrons. The molecule has 41 heavy (non-hydrogen) atoms. The van der Waals surface area contributed by atoms with E-state index in [2.05, 4.69) is 15.6 Å². The highest BCUT2D eigenvalue weighted by atomic mass is 32.2. The molecule has 3 N–H and O–H groups in total. The van der Waals surface area contributed by atoms with Crippen LogP contribution in [0.25, 0.3) is 11.3 Å². The summed E-state index contributed by atoms with van der Waals surface area (Å²) in [4.78, 5) is 55.0.